The van der Waals surface area contributed by atoms with Gasteiger partial charge in [0.1, 0.15) is 5.75 Å². The Balaban J connectivity index is 1.37. The van der Waals surface area contributed by atoms with E-state index in [9.17, 15) is 9.59 Å². The fourth-order valence-electron chi connectivity index (χ4n) is 6.00. The average molecular weight is 596 g/mol. The number of carbonyl (C=O) groups excluding carboxylic acids is 2. The fourth-order valence-corrected chi connectivity index (χ4v) is 6.00. The summed E-state index contributed by atoms with van der Waals surface area (Å²) in [6.45, 7) is 4.68. The predicted octanol–water partition coefficient (Wildman–Crippen LogP) is 5.10. The molecule has 9 nitrogen and oxygen atoms in total. The van der Waals surface area contributed by atoms with Crippen molar-refractivity contribution >= 4 is 28.5 Å². The maximum absolute atomic E-state index is 14.6. The van der Waals surface area contributed by atoms with Crippen molar-refractivity contribution in [1.82, 2.24) is 20.4 Å². The molecule has 0 radical (unpaired) electrons. The van der Waals surface area contributed by atoms with Crippen molar-refractivity contribution < 1.29 is 19.1 Å². The topological polar surface area (TPSA) is 120 Å². The highest BCUT2D eigenvalue weighted by atomic mass is 16.5. The minimum atomic E-state index is -0.673. The summed E-state index contributed by atoms with van der Waals surface area (Å²) >= 11 is 0. The second-order valence-corrected chi connectivity index (χ2v) is 11.5. The highest BCUT2D eigenvalue weighted by Gasteiger charge is 2.37. The predicted molar refractivity (Wildman–Crippen MR) is 171 cm³/mol. The van der Waals surface area contributed by atoms with Gasteiger partial charge in [0.15, 0.2) is 5.82 Å². The lowest BCUT2D eigenvalue weighted by Crippen LogP contribution is -2.55. The van der Waals surface area contributed by atoms with E-state index in [1.165, 1.54) is 0 Å². The lowest BCUT2D eigenvalue weighted by Gasteiger charge is -2.40. The molecule has 0 saturated carbocycles. The van der Waals surface area contributed by atoms with Crippen LogP contribution in [-0.4, -0.2) is 64.9 Å². The number of carbonyl (C=O) groups is 2. The third-order valence-corrected chi connectivity index (χ3v) is 8.04. The number of aromatic nitrogens is 2. The number of hydrogen-bond acceptors (Lipinski definition) is 8. The molecule has 1 aliphatic rings. The van der Waals surface area contributed by atoms with Crippen LogP contribution in [0.3, 0.4) is 0 Å². The summed E-state index contributed by atoms with van der Waals surface area (Å²) in [6.07, 6.45) is 4.98. The molecular formula is C35H41N5O4. The third kappa shape index (κ3) is 7.71. The zero-order valence-corrected chi connectivity index (χ0v) is 25.4. The Labute approximate surface area is 258 Å². The van der Waals surface area contributed by atoms with Gasteiger partial charge in [-0.15, -0.1) is 5.10 Å². The van der Waals surface area contributed by atoms with Crippen LogP contribution < -0.4 is 15.8 Å². The van der Waals surface area contributed by atoms with Crippen molar-refractivity contribution in [3.05, 3.63) is 96.2 Å². The summed E-state index contributed by atoms with van der Waals surface area (Å²) in [5.74, 6) is 0.392. The average Bonchev–Trinajstić information content (AvgIpc) is 3.03. The number of nitrogens with two attached hydrogens (primary N) is 1. The number of piperidine rings is 1. The van der Waals surface area contributed by atoms with Crippen LogP contribution in [0.25, 0.3) is 10.8 Å². The van der Waals surface area contributed by atoms with Gasteiger partial charge in [-0.05, 0) is 62.4 Å². The number of ether oxygens (including phenoxy) is 2. The third-order valence-electron chi connectivity index (χ3n) is 8.04. The molecule has 9 heteroatoms. The molecule has 1 saturated heterocycles. The first-order valence-electron chi connectivity index (χ1n) is 15.4. The number of nitrogens with zero attached hydrogens (tertiary/aromatic N) is 3. The fraction of sp³-hybridized carbons (Fsp3) is 0.371. The Morgan fingerprint density at radius 3 is 2.39 bits per heavy atom. The van der Waals surface area contributed by atoms with E-state index >= 15 is 0 Å². The van der Waals surface area contributed by atoms with Crippen LogP contribution >= 0.6 is 0 Å². The first kappa shape index (κ1) is 30.9. The van der Waals surface area contributed by atoms with Gasteiger partial charge < -0.3 is 20.1 Å². The quantitative estimate of drug-likeness (QED) is 0.217. The van der Waals surface area contributed by atoms with E-state index in [1.54, 1.807) is 6.20 Å². The van der Waals surface area contributed by atoms with Crippen molar-refractivity contribution in [2.45, 2.75) is 63.6 Å². The van der Waals surface area contributed by atoms with Crippen molar-refractivity contribution in [2.75, 3.05) is 25.4 Å². The lowest BCUT2D eigenvalue weighted by molar-refractivity contribution is -0.146. The number of nitrogen functional groups attached to an aromatic ring is 1. The van der Waals surface area contributed by atoms with Crippen LogP contribution in [-0.2, 0) is 14.3 Å². The second-order valence-electron chi connectivity index (χ2n) is 11.5. The molecule has 0 bridgehead atoms. The largest absolute Gasteiger partial charge is 0.493 e. The van der Waals surface area contributed by atoms with Gasteiger partial charge in [-0.25, -0.2) is 0 Å². The van der Waals surface area contributed by atoms with E-state index in [-0.39, 0.29) is 36.5 Å². The minimum absolute atomic E-state index is 0.0114. The number of likely N-dealkylation sites (tertiary alicyclic amines) is 1. The van der Waals surface area contributed by atoms with Gasteiger partial charge in [-0.2, -0.15) is 5.10 Å². The highest BCUT2D eigenvalue weighted by molar-refractivity contribution is 5.90. The van der Waals surface area contributed by atoms with Crippen molar-refractivity contribution in [1.29, 1.82) is 0 Å². The summed E-state index contributed by atoms with van der Waals surface area (Å²) < 4.78 is 11.6. The molecule has 1 unspecified atom stereocenters. The van der Waals surface area contributed by atoms with E-state index < -0.39 is 6.04 Å². The Morgan fingerprint density at radius 1 is 1.00 bits per heavy atom. The van der Waals surface area contributed by atoms with Gasteiger partial charge in [0.2, 0.25) is 5.91 Å². The van der Waals surface area contributed by atoms with Crippen LogP contribution in [0.1, 0.15) is 56.6 Å². The SMILES string of the molecule is CC(C)OC(=O)CN[C@@H](C(=O)N1CCCCC1CCOc1ccc2c(N)nncc2c1)C(c1ccccc1)c1ccccc1. The van der Waals surface area contributed by atoms with Crippen molar-refractivity contribution in [3.63, 3.8) is 0 Å². The molecule has 230 valence electrons. The Bertz CT molecular complexity index is 1490. The van der Waals surface area contributed by atoms with Crippen LogP contribution in [0, 0.1) is 0 Å². The molecule has 44 heavy (non-hydrogen) atoms. The molecule has 3 aromatic carbocycles. The zero-order chi connectivity index (χ0) is 30.9. The minimum Gasteiger partial charge on any atom is -0.493 e. The van der Waals surface area contributed by atoms with Crippen LogP contribution in [0.15, 0.2) is 85.1 Å². The van der Waals surface area contributed by atoms with Crippen molar-refractivity contribution in [3.8, 4) is 5.75 Å². The molecule has 3 N–H and O–H groups in total. The van der Waals surface area contributed by atoms with Crippen LogP contribution in [0.5, 0.6) is 5.75 Å². The van der Waals surface area contributed by atoms with Gasteiger partial charge in [0.25, 0.3) is 0 Å². The molecular weight excluding hydrogens is 554 g/mol. The summed E-state index contributed by atoms with van der Waals surface area (Å²) in [5, 5.41) is 12.9. The second kappa shape index (κ2) is 14.8. The summed E-state index contributed by atoms with van der Waals surface area (Å²) in [7, 11) is 0. The number of fused-ring (bicyclic) bond motifs is 1. The summed E-state index contributed by atoms with van der Waals surface area (Å²) in [5.41, 5.74) is 7.94. The first-order chi connectivity index (χ1) is 21.4. The molecule has 2 atom stereocenters. The van der Waals surface area contributed by atoms with E-state index in [0.717, 1.165) is 46.9 Å². The Morgan fingerprint density at radius 2 is 1.70 bits per heavy atom. The number of hydrogen-bond donors (Lipinski definition) is 2. The van der Waals surface area contributed by atoms with Gasteiger partial charge >= 0.3 is 5.97 Å². The molecule has 5 rings (SSSR count). The highest BCUT2D eigenvalue weighted by Crippen LogP contribution is 2.31. The van der Waals surface area contributed by atoms with E-state index in [2.05, 4.69) is 15.5 Å². The number of rotatable bonds is 12. The van der Waals surface area contributed by atoms with Crippen LogP contribution in [0.4, 0.5) is 5.82 Å². The number of benzene rings is 3. The Kier molecular flexibility index (Phi) is 10.4. The normalized spacial score (nSPS) is 15.8. The standard InChI is InChI=1S/C35H41N5O4/c1-24(2)44-31(41)23-37-33(32(25-11-5-3-6-12-25)26-13-7-4-8-14-26)35(42)40-19-10-9-15-28(40)18-20-43-29-16-17-30-27(21-29)22-38-39-34(30)36/h3-8,11-14,16-17,21-22,24,28,32-33,37H,9-10,15,18-20,23H2,1-2H3,(H2,36,39)/t28?,33-/m1/s1. The van der Waals surface area contributed by atoms with Crippen LogP contribution in [0.2, 0.25) is 0 Å². The van der Waals surface area contributed by atoms with Gasteiger partial charge in [0.05, 0.1) is 31.5 Å². The van der Waals surface area contributed by atoms with Gasteiger partial charge in [-0.3, -0.25) is 14.9 Å². The van der Waals surface area contributed by atoms with E-state index in [1.807, 2.05) is 97.6 Å². The molecule has 4 aromatic rings. The number of nitrogens with one attached hydrogen (secondary N) is 1. The molecule has 0 aliphatic carbocycles. The molecule has 0 spiro atoms. The molecule has 2 heterocycles. The Hall–Kier alpha value is -4.50. The summed E-state index contributed by atoms with van der Waals surface area (Å²) in [6, 6.07) is 25.0. The maximum Gasteiger partial charge on any atom is 0.320 e. The van der Waals surface area contributed by atoms with Crippen molar-refractivity contribution in [2.24, 2.45) is 0 Å². The van der Waals surface area contributed by atoms with E-state index in [4.69, 9.17) is 15.2 Å². The van der Waals surface area contributed by atoms with E-state index in [0.29, 0.717) is 25.4 Å². The van der Waals surface area contributed by atoms with Gasteiger partial charge in [-0.1, -0.05) is 60.7 Å². The molecule has 1 fully saturated rings. The molecule has 1 aliphatic heterocycles. The zero-order valence-electron chi connectivity index (χ0n) is 25.4. The number of esters is 1. The smallest absolute Gasteiger partial charge is 0.320 e. The first-order valence-corrected chi connectivity index (χ1v) is 15.4. The molecule has 1 amide bonds. The lowest BCUT2D eigenvalue weighted by atomic mass is 9.83. The monoisotopic (exact) mass is 595 g/mol. The molecule has 1 aromatic heterocycles. The number of anilines is 1. The number of amides is 1. The van der Waals surface area contributed by atoms with Gasteiger partial charge in [0, 0.05) is 35.7 Å². The maximum atomic E-state index is 14.6. The summed E-state index contributed by atoms with van der Waals surface area (Å²) in [4.78, 5) is 29.2.